The summed E-state index contributed by atoms with van der Waals surface area (Å²) >= 11 is 1.64. The molecule has 3 atom stereocenters. The molecule has 2 saturated heterocycles. The fraction of sp³-hybridized carbons (Fsp3) is 0.750. The molecule has 7 heteroatoms. The molecule has 2 aliphatic heterocycles. The van der Waals surface area contributed by atoms with Crippen LogP contribution in [0.2, 0.25) is 0 Å². The van der Waals surface area contributed by atoms with Gasteiger partial charge in [0.25, 0.3) is 0 Å². The SMILES string of the molecule is COCC(=O)N1CC[C@@H]2O[C@@H](COCc3csc(C)n3)CC[C@@H]21. The molecule has 2 aliphatic rings. The number of thiazole rings is 1. The molecule has 23 heavy (non-hydrogen) atoms. The van der Waals surface area contributed by atoms with Gasteiger partial charge in [-0.1, -0.05) is 0 Å². The summed E-state index contributed by atoms with van der Waals surface area (Å²) in [7, 11) is 1.56. The van der Waals surface area contributed by atoms with Gasteiger partial charge in [0.1, 0.15) is 6.61 Å². The van der Waals surface area contributed by atoms with Crippen LogP contribution in [-0.2, 0) is 25.6 Å². The summed E-state index contributed by atoms with van der Waals surface area (Å²) < 4.78 is 16.8. The maximum atomic E-state index is 12.0. The molecule has 0 saturated carbocycles. The molecule has 1 aromatic heterocycles. The van der Waals surface area contributed by atoms with Crippen LogP contribution in [0.15, 0.2) is 5.38 Å². The molecule has 2 fully saturated rings. The number of amides is 1. The molecule has 6 nitrogen and oxygen atoms in total. The number of carbonyl (C=O) groups is 1. The molecule has 3 heterocycles. The molecule has 0 N–H and O–H groups in total. The molecule has 0 bridgehead atoms. The van der Waals surface area contributed by atoms with E-state index >= 15 is 0 Å². The van der Waals surface area contributed by atoms with Gasteiger partial charge < -0.3 is 19.1 Å². The van der Waals surface area contributed by atoms with Gasteiger partial charge >= 0.3 is 0 Å². The van der Waals surface area contributed by atoms with Crippen molar-refractivity contribution in [3.63, 3.8) is 0 Å². The summed E-state index contributed by atoms with van der Waals surface area (Å²) in [6.07, 6.45) is 3.06. The number of hydrogen-bond acceptors (Lipinski definition) is 6. The number of likely N-dealkylation sites (tertiary alicyclic amines) is 1. The first-order valence-electron chi connectivity index (χ1n) is 8.10. The maximum Gasteiger partial charge on any atom is 0.248 e. The van der Waals surface area contributed by atoms with Gasteiger partial charge in [0.2, 0.25) is 5.91 Å². The lowest BCUT2D eigenvalue weighted by atomic mass is 9.99. The van der Waals surface area contributed by atoms with Gasteiger partial charge in [-0.3, -0.25) is 4.79 Å². The molecule has 0 spiro atoms. The van der Waals surface area contributed by atoms with E-state index in [4.69, 9.17) is 14.2 Å². The Morgan fingerprint density at radius 2 is 2.35 bits per heavy atom. The molecule has 1 amide bonds. The van der Waals surface area contributed by atoms with Crippen molar-refractivity contribution in [1.82, 2.24) is 9.88 Å². The number of ether oxygens (including phenoxy) is 3. The number of nitrogens with zero attached hydrogens (tertiary/aromatic N) is 2. The summed E-state index contributed by atoms with van der Waals surface area (Å²) in [5.74, 6) is 0.0669. The van der Waals surface area contributed by atoms with E-state index in [1.807, 2.05) is 17.2 Å². The molecule has 128 valence electrons. The summed E-state index contributed by atoms with van der Waals surface area (Å²) in [6.45, 7) is 4.05. The van der Waals surface area contributed by atoms with E-state index in [9.17, 15) is 4.79 Å². The minimum atomic E-state index is 0.0669. The van der Waals surface area contributed by atoms with Crippen LogP contribution in [0.5, 0.6) is 0 Å². The molecule has 0 radical (unpaired) electrons. The topological polar surface area (TPSA) is 60.9 Å². The second kappa shape index (κ2) is 7.70. The number of aryl methyl sites for hydroxylation is 1. The second-order valence-electron chi connectivity index (χ2n) is 6.12. The zero-order valence-electron chi connectivity index (χ0n) is 13.7. The van der Waals surface area contributed by atoms with Crippen molar-refractivity contribution in [3.8, 4) is 0 Å². The van der Waals surface area contributed by atoms with Crippen molar-refractivity contribution in [1.29, 1.82) is 0 Å². The average molecular weight is 340 g/mol. The van der Waals surface area contributed by atoms with Crippen LogP contribution in [0, 0.1) is 6.92 Å². The predicted molar refractivity (Wildman–Crippen MR) is 86.4 cm³/mol. The Balaban J connectivity index is 1.43. The average Bonchev–Trinajstić information content (AvgIpc) is 3.13. The van der Waals surface area contributed by atoms with E-state index in [0.717, 1.165) is 36.5 Å². The Kier molecular flexibility index (Phi) is 5.63. The Labute approximate surface area is 140 Å². The first-order chi connectivity index (χ1) is 11.2. The summed E-state index contributed by atoms with van der Waals surface area (Å²) in [6, 6.07) is 0.204. The van der Waals surface area contributed by atoms with Crippen LogP contribution in [0.3, 0.4) is 0 Å². The minimum absolute atomic E-state index is 0.0669. The number of fused-ring (bicyclic) bond motifs is 1. The van der Waals surface area contributed by atoms with Crippen molar-refractivity contribution in [2.24, 2.45) is 0 Å². The van der Waals surface area contributed by atoms with E-state index in [1.54, 1.807) is 18.4 Å². The van der Waals surface area contributed by atoms with Crippen LogP contribution in [0.4, 0.5) is 0 Å². The highest BCUT2D eigenvalue weighted by molar-refractivity contribution is 7.09. The largest absolute Gasteiger partial charge is 0.375 e. The van der Waals surface area contributed by atoms with Gasteiger partial charge in [-0.05, 0) is 26.2 Å². The second-order valence-corrected chi connectivity index (χ2v) is 7.19. The summed E-state index contributed by atoms with van der Waals surface area (Å²) in [4.78, 5) is 18.3. The van der Waals surface area contributed by atoms with Gasteiger partial charge in [-0.25, -0.2) is 4.98 Å². The molecular weight excluding hydrogens is 316 g/mol. The monoisotopic (exact) mass is 340 g/mol. The van der Waals surface area contributed by atoms with Crippen molar-refractivity contribution in [3.05, 3.63) is 16.1 Å². The first kappa shape index (κ1) is 16.8. The van der Waals surface area contributed by atoms with Crippen LogP contribution in [0.25, 0.3) is 0 Å². The fourth-order valence-corrected chi connectivity index (χ4v) is 4.00. The zero-order chi connectivity index (χ0) is 16.2. The smallest absolute Gasteiger partial charge is 0.248 e. The van der Waals surface area contributed by atoms with Crippen molar-refractivity contribution < 1.29 is 19.0 Å². The number of rotatable bonds is 6. The quantitative estimate of drug-likeness (QED) is 0.790. The molecule has 0 aromatic carbocycles. The van der Waals surface area contributed by atoms with E-state index < -0.39 is 0 Å². The van der Waals surface area contributed by atoms with Crippen LogP contribution in [0.1, 0.15) is 30.0 Å². The van der Waals surface area contributed by atoms with Gasteiger partial charge in [-0.2, -0.15) is 0 Å². The van der Waals surface area contributed by atoms with E-state index in [-0.39, 0.29) is 30.8 Å². The van der Waals surface area contributed by atoms with E-state index in [2.05, 4.69) is 4.98 Å². The molecular formula is C16H24N2O4S. The standard InChI is InChI=1S/C16H24N2O4S/c1-11-17-12(10-23-11)7-21-8-13-3-4-14-15(22-13)5-6-18(14)16(19)9-20-2/h10,13-15H,3-9H2,1-2H3/t13-,14+,15+/m1/s1. The Morgan fingerprint density at radius 1 is 1.48 bits per heavy atom. The third-order valence-electron chi connectivity index (χ3n) is 4.44. The van der Waals surface area contributed by atoms with Gasteiger partial charge in [0, 0.05) is 19.0 Å². The Hall–Kier alpha value is -1.02. The van der Waals surface area contributed by atoms with Crippen LogP contribution < -0.4 is 0 Å². The van der Waals surface area contributed by atoms with Gasteiger partial charge in [-0.15, -0.1) is 11.3 Å². The van der Waals surface area contributed by atoms with Gasteiger partial charge in [0.15, 0.2) is 0 Å². The normalized spacial score (nSPS) is 27.2. The van der Waals surface area contributed by atoms with Crippen LogP contribution >= 0.6 is 11.3 Å². The molecule has 0 aliphatic carbocycles. The highest BCUT2D eigenvalue weighted by Crippen LogP contribution is 2.31. The fourth-order valence-electron chi connectivity index (χ4n) is 3.41. The van der Waals surface area contributed by atoms with Gasteiger partial charge in [0.05, 0.1) is 42.2 Å². The van der Waals surface area contributed by atoms with Crippen molar-refractivity contribution in [2.75, 3.05) is 26.9 Å². The number of carbonyl (C=O) groups excluding carboxylic acids is 1. The molecule has 3 rings (SSSR count). The summed E-state index contributed by atoms with van der Waals surface area (Å²) in [5, 5.41) is 3.09. The third kappa shape index (κ3) is 4.09. The molecule has 1 aromatic rings. The van der Waals surface area contributed by atoms with E-state index in [1.165, 1.54) is 0 Å². The number of hydrogen-bond donors (Lipinski definition) is 0. The number of aromatic nitrogens is 1. The highest BCUT2D eigenvalue weighted by atomic mass is 32.1. The third-order valence-corrected chi connectivity index (χ3v) is 5.27. The number of methoxy groups -OCH3 is 1. The molecule has 0 unspecified atom stereocenters. The lowest BCUT2D eigenvalue weighted by Crippen LogP contribution is -2.46. The van der Waals surface area contributed by atoms with E-state index in [0.29, 0.717) is 13.2 Å². The lowest BCUT2D eigenvalue weighted by molar-refractivity contribution is -0.142. The first-order valence-corrected chi connectivity index (χ1v) is 8.98. The lowest BCUT2D eigenvalue weighted by Gasteiger charge is -2.35. The Morgan fingerprint density at radius 3 is 3.09 bits per heavy atom. The summed E-state index contributed by atoms with van der Waals surface area (Å²) in [5.41, 5.74) is 0.985. The van der Waals surface area contributed by atoms with Crippen molar-refractivity contribution in [2.45, 2.75) is 51.0 Å². The zero-order valence-corrected chi connectivity index (χ0v) is 14.5. The highest BCUT2D eigenvalue weighted by Gasteiger charge is 2.41. The minimum Gasteiger partial charge on any atom is -0.375 e. The predicted octanol–water partition coefficient (Wildman–Crippen LogP) is 1.76. The Bertz CT molecular complexity index is 536. The maximum absolute atomic E-state index is 12.0. The van der Waals surface area contributed by atoms with Crippen molar-refractivity contribution >= 4 is 17.2 Å². The van der Waals surface area contributed by atoms with Crippen LogP contribution in [-0.4, -0.2) is 60.9 Å².